The molecule has 0 amide bonds. The number of nitrogens with zero attached hydrogens (tertiary/aromatic N) is 3. The highest BCUT2D eigenvalue weighted by Crippen LogP contribution is 2.30. The van der Waals surface area contributed by atoms with E-state index in [1.165, 1.54) is 21.1 Å². The molecule has 2 aromatic rings. The molecule has 0 atom stereocenters. The number of piperidine rings is 1. The molecule has 1 aliphatic heterocycles. The number of alkyl halides is 3. The van der Waals surface area contributed by atoms with Crippen LogP contribution in [0.15, 0.2) is 29.2 Å². The number of halogens is 3. The Morgan fingerprint density at radius 3 is 2.19 bits per heavy atom. The average Bonchev–Trinajstić information content (AvgIpc) is 2.89. The fourth-order valence-corrected chi connectivity index (χ4v) is 5.30. The standard InChI is InChI=1S/C18H22F3N3O2S/c1-13-17(27(25,26)23-10-4-3-5-11-23)14(2)24(22-13)12-15-6-8-16(9-7-15)18(19,20)21/h6-9H,3-5,10-12H2,1-2H3. The van der Waals surface area contributed by atoms with Crippen LogP contribution in [0.1, 0.15) is 41.8 Å². The summed E-state index contributed by atoms with van der Waals surface area (Å²) in [5.41, 5.74) is 0.812. The van der Waals surface area contributed by atoms with Crippen molar-refractivity contribution in [1.29, 1.82) is 0 Å². The van der Waals surface area contributed by atoms with E-state index in [0.717, 1.165) is 31.4 Å². The Balaban J connectivity index is 1.87. The van der Waals surface area contributed by atoms with E-state index in [0.29, 0.717) is 30.0 Å². The van der Waals surface area contributed by atoms with Gasteiger partial charge in [0.05, 0.1) is 23.5 Å². The molecule has 1 fully saturated rings. The number of sulfonamides is 1. The first kappa shape index (κ1) is 19.9. The summed E-state index contributed by atoms with van der Waals surface area (Å²) in [6.07, 6.45) is -1.67. The molecular weight excluding hydrogens is 379 g/mol. The van der Waals surface area contributed by atoms with Gasteiger partial charge in [-0.25, -0.2) is 8.42 Å². The van der Waals surface area contributed by atoms with Crippen LogP contribution in [-0.4, -0.2) is 35.6 Å². The summed E-state index contributed by atoms with van der Waals surface area (Å²) in [5, 5.41) is 4.33. The number of hydrogen-bond acceptors (Lipinski definition) is 3. The van der Waals surface area contributed by atoms with Gasteiger partial charge >= 0.3 is 6.18 Å². The minimum absolute atomic E-state index is 0.205. The number of rotatable bonds is 4. The molecule has 0 spiro atoms. The highest BCUT2D eigenvalue weighted by atomic mass is 32.2. The van der Waals surface area contributed by atoms with E-state index in [1.54, 1.807) is 13.8 Å². The van der Waals surface area contributed by atoms with Gasteiger partial charge in [-0.15, -0.1) is 0 Å². The summed E-state index contributed by atoms with van der Waals surface area (Å²) < 4.78 is 67.1. The molecule has 27 heavy (non-hydrogen) atoms. The second kappa shape index (κ2) is 7.27. The largest absolute Gasteiger partial charge is 0.416 e. The molecule has 0 bridgehead atoms. The van der Waals surface area contributed by atoms with Crippen LogP contribution < -0.4 is 0 Å². The summed E-state index contributed by atoms with van der Waals surface area (Å²) >= 11 is 0. The Hall–Kier alpha value is -1.87. The quantitative estimate of drug-likeness (QED) is 0.784. The molecule has 1 aromatic heterocycles. The lowest BCUT2D eigenvalue weighted by atomic mass is 10.1. The molecule has 0 unspecified atom stereocenters. The molecule has 0 radical (unpaired) electrons. The molecule has 9 heteroatoms. The van der Waals surface area contributed by atoms with Crippen LogP contribution in [0.4, 0.5) is 13.2 Å². The van der Waals surface area contributed by atoms with E-state index in [1.807, 2.05) is 0 Å². The highest BCUT2D eigenvalue weighted by Gasteiger charge is 2.32. The average molecular weight is 401 g/mol. The van der Waals surface area contributed by atoms with Crippen LogP contribution in [0.3, 0.4) is 0 Å². The smallest absolute Gasteiger partial charge is 0.264 e. The molecule has 5 nitrogen and oxygen atoms in total. The molecule has 148 valence electrons. The second-order valence-corrected chi connectivity index (χ2v) is 8.69. The van der Waals surface area contributed by atoms with E-state index in [9.17, 15) is 21.6 Å². The number of aryl methyl sites for hydroxylation is 1. The van der Waals surface area contributed by atoms with Crippen LogP contribution in [-0.2, 0) is 22.7 Å². The molecule has 3 rings (SSSR count). The van der Waals surface area contributed by atoms with Gasteiger partial charge in [-0.1, -0.05) is 18.6 Å². The molecule has 0 N–H and O–H groups in total. The summed E-state index contributed by atoms with van der Waals surface area (Å²) in [6.45, 7) is 4.55. The normalized spacial score (nSPS) is 16.6. The minimum atomic E-state index is -4.38. The van der Waals surface area contributed by atoms with Crippen molar-refractivity contribution >= 4 is 10.0 Å². The van der Waals surface area contributed by atoms with Gasteiger partial charge in [0.25, 0.3) is 0 Å². The summed E-state index contributed by atoms with van der Waals surface area (Å²) in [5.74, 6) is 0. The molecule has 0 aliphatic carbocycles. The van der Waals surface area contributed by atoms with Crippen molar-refractivity contribution in [2.24, 2.45) is 0 Å². The predicted molar refractivity (Wildman–Crippen MR) is 94.9 cm³/mol. The van der Waals surface area contributed by atoms with Gasteiger partial charge in [-0.2, -0.15) is 22.6 Å². The first-order valence-electron chi connectivity index (χ1n) is 8.81. The lowest BCUT2D eigenvalue weighted by Gasteiger charge is -2.26. The third-order valence-electron chi connectivity index (χ3n) is 4.84. The van der Waals surface area contributed by atoms with Crippen molar-refractivity contribution in [1.82, 2.24) is 14.1 Å². The molecule has 1 saturated heterocycles. The third kappa shape index (κ3) is 4.03. The van der Waals surface area contributed by atoms with E-state index >= 15 is 0 Å². The maximum Gasteiger partial charge on any atom is 0.416 e. The van der Waals surface area contributed by atoms with Crippen molar-refractivity contribution < 1.29 is 21.6 Å². The zero-order chi connectivity index (χ0) is 19.8. The fourth-order valence-electron chi connectivity index (χ4n) is 3.41. The van der Waals surface area contributed by atoms with Gasteiger partial charge in [0.15, 0.2) is 0 Å². The van der Waals surface area contributed by atoms with Gasteiger partial charge in [0.2, 0.25) is 10.0 Å². The topological polar surface area (TPSA) is 55.2 Å². The molecule has 2 heterocycles. The zero-order valence-corrected chi connectivity index (χ0v) is 16.1. The van der Waals surface area contributed by atoms with Gasteiger partial charge < -0.3 is 0 Å². The second-order valence-electron chi connectivity index (χ2n) is 6.82. The van der Waals surface area contributed by atoms with Crippen LogP contribution in [0.2, 0.25) is 0 Å². The molecule has 1 aliphatic rings. The number of aromatic nitrogens is 2. The fraction of sp³-hybridized carbons (Fsp3) is 0.500. The Bertz CT molecular complexity index is 913. The lowest BCUT2D eigenvalue weighted by Crippen LogP contribution is -2.36. The van der Waals surface area contributed by atoms with Crippen molar-refractivity contribution in [3.8, 4) is 0 Å². The van der Waals surface area contributed by atoms with Crippen LogP contribution in [0.5, 0.6) is 0 Å². The molecule has 0 saturated carbocycles. The Morgan fingerprint density at radius 2 is 1.63 bits per heavy atom. The highest BCUT2D eigenvalue weighted by molar-refractivity contribution is 7.89. The van der Waals surface area contributed by atoms with Crippen LogP contribution >= 0.6 is 0 Å². The summed E-state index contributed by atoms with van der Waals surface area (Å²) in [6, 6.07) is 4.81. The first-order valence-corrected chi connectivity index (χ1v) is 10.2. The van der Waals surface area contributed by atoms with Gasteiger partial charge in [-0.3, -0.25) is 4.68 Å². The molecule has 1 aromatic carbocycles. The predicted octanol–water partition coefficient (Wildman–Crippen LogP) is 3.74. The van der Waals surface area contributed by atoms with E-state index < -0.39 is 21.8 Å². The van der Waals surface area contributed by atoms with Crippen molar-refractivity contribution in [3.05, 3.63) is 46.8 Å². The van der Waals surface area contributed by atoms with Crippen molar-refractivity contribution in [2.45, 2.75) is 50.7 Å². The Kier molecular flexibility index (Phi) is 5.36. The van der Waals surface area contributed by atoms with E-state index in [-0.39, 0.29) is 11.4 Å². The minimum Gasteiger partial charge on any atom is -0.264 e. The van der Waals surface area contributed by atoms with Crippen LogP contribution in [0.25, 0.3) is 0 Å². The monoisotopic (exact) mass is 401 g/mol. The molecular formula is C18H22F3N3O2S. The maximum absolute atomic E-state index is 13.0. The summed E-state index contributed by atoms with van der Waals surface area (Å²) in [4.78, 5) is 0.205. The SMILES string of the molecule is Cc1nn(Cc2ccc(C(F)(F)F)cc2)c(C)c1S(=O)(=O)N1CCCCC1. The number of hydrogen-bond donors (Lipinski definition) is 0. The maximum atomic E-state index is 13.0. The summed E-state index contributed by atoms with van der Waals surface area (Å²) in [7, 11) is -3.62. The van der Waals surface area contributed by atoms with Gasteiger partial charge in [-0.05, 0) is 44.4 Å². The van der Waals surface area contributed by atoms with Crippen molar-refractivity contribution in [2.75, 3.05) is 13.1 Å². The first-order chi connectivity index (χ1) is 12.6. The van der Waals surface area contributed by atoms with E-state index in [4.69, 9.17) is 0 Å². The zero-order valence-electron chi connectivity index (χ0n) is 15.3. The van der Waals surface area contributed by atoms with Gasteiger partial charge in [0, 0.05) is 13.1 Å². The van der Waals surface area contributed by atoms with Crippen LogP contribution in [0, 0.1) is 13.8 Å². The third-order valence-corrected chi connectivity index (χ3v) is 6.99. The van der Waals surface area contributed by atoms with Crippen molar-refractivity contribution in [3.63, 3.8) is 0 Å². The Morgan fingerprint density at radius 1 is 1.04 bits per heavy atom. The Labute approximate surface area is 156 Å². The lowest BCUT2D eigenvalue weighted by molar-refractivity contribution is -0.137. The van der Waals surface area contributed by atoms with Gasteiger partial charge in [0.1, 0.15) is 4.90 Å². The number of benzene rings is 1. The van der Waals surface area contributed by atoms with E-state index in [2.05, 4.69) is 5.10 Å².